The van der Waals surface area contributed by atoms with Crippen LogP contribution in [0.15, 0.2) is 18.2 Å². The maximum atomic E-state index is 13.9. The molecule has 1 aliphatic rings. The Morgan fingerprint density at radius 3 is 2.67 bits per heavy atom. The van der Waals surface area contributed by atoms with Crippen LogP contribution in [0.5, 0.6) is 0 Å². The summed E-state index contributed by atoms with van der Waals surface area (Å²) in [5, 5.41) is 3.10. The minimum absolute atomic E-state index is 0.265. The van der Waals surface area contributed by atoms with Crippen molar-refractivity contribution in [3.05, 3.63) is 35.4 Å². The molecule has 2 rings (SSSR count). The first kappa shape index (κ1) is 13.4. The molecule has 1 fully saturated rings. The van der Waals surface area contributed by atoms with Gasteiger partial charge in [0.2, 0.25) is 0 Å². The minimum Gasteiger partial charge on any atom is -0.373 e. The fraction of sp³-hybridized carbons (Fsp3) is 0.571. The van der Waals surface area contributed by atoms with Crippen LogP contribution in [0.2, 0.25) is 0 Å². The van der Waals surface area contributed by atoms with E-state index in [2.05, 4.69) is 5.32 Å². The molecule has 2 atom stereocenters. The summed E-state index contributed by atoms with van der Waals surface area (Å²) in [5.41, 5.74) is 0.0226. The first-order valence-corrected chi connectivity index (χ1v) is 6.33. The summed E-state index contributed by atoms with van der Waals surface area (Å²) in [4.78, 5) is 0. The molecule has 1 saturated heterocycles. The topological polar surface area (TPSA) is 21.3 Å². The number of likely N-dealkylation sites (N-methyl/N-ethyl adjacent to an activating group) is 1. The molecule has 1 aromatic rings. The molecule has 4 heteroatoms. The average Bonchev–Trinajstić information content (AvgIpc) is 2.33. The fourth-order valence-corrected chi connectivity index (χ4v) is 2.71. The summed E-state index contributed by atoms with van der Waals surface area (Å²) in [6.07, 6.45) is 2.98. The van der Waals surface area contributed by atoms with E-state index in [9.17, 15) is 8.78 Å². The van der Waals surface area contributed by atoms with E-state index in [0.29, 0.717) is 12.2 Å². The molecule has 0 saturated carbocycles. The predicted octanol–water partition coefficient (Wildman–Crippen LogP) is 3.18. The molecule has 2 unspecified atom stereocenters. The number of hydrogen-bond donors (Lipinski definition) is 1. The fourth-order valence-electron chi connectivity index (χ4n) is 2.71. The lowest BCUT2D eigenvalue weighted by Crippen LogP contribution is -2.45. The number of benzene rings is 1. The van der Waals surface area contributed by atoms with Gasteiger partial charge in [0.25, 0.3) is 0 Å². The van der Waals surface area contributed by atoms with Crippen LogP contribution in [0, 0.1) is 11.6 Å². The number of nitrogens with one attached hydrogen (secondary N) is 1. The standard InChI is InChI=1S/C14H19F2NO/c1-14(7-3-4-8-18-14)13(17-2)11-6-5-10(15)9-12(11)16/h5-6,9,13,17H,3-4,7-8H2,1-2H3. The van der Waals surface area contributed by atoms with E-state index in [1.807, 2.05) is 6.92 Å². The van der Waals surface area contributed by atoms with Gasteiger partial charge in [-0.3, -0.25) is 0 Å². The highest BCUT2D eigenvalue weighted by Crippen LogP contribution is 2.37. The van der Waals surface area contributed by atoms with Crippen LogP contribution >= 0.6 is 0 Å². The van der Waals surface area contributed by atoms with Crippen LogP contribution in [-0.4, -0.2) is 19.3 Å². The Morgan fingerprint density at radius 1 is 1.33 bits per heavy atom. The van der Waals surface area contributed by atoms with Gasteiger partial charge in [0.15, 0.2) is 0 Å². The predicted molar refractivity (Wildman–Crippen MR) is 66.4 cm³/mol. The molecule has 100 valence electrons. The van der Waals surface area contributed by atoms with Crippen LogP contribution in [0.3, 0.4) is 0 Å². The largest absolute Gasteiger partial charge is 0.373 e. The Kier molecular flexibility index (Phi) is 3.97. The molecule has 0 radical (unpaired) electrons. The molecule has 0 amide bonds. The van der Waals surface area contributed by atoms with E-state index in [1.54, 1.807) is 7.05 Å². The molecule has 1 N–H and O–H groups in total. The molecule has 1 aromatic carbocycles. The van der Waals surface area contributed by atoms with Gasteiger partial charge in [-0.25, -0.2) is 8.78 Å². The van der Waals surface area contributed by atoms with E-state index in [0.717, 1.165) is 25.3 Å². The highest BCUT2D eigenvalue weighted by atomic mass is 19.1. The zero-order valence-electron chi connectivity index (χ0n) is 10.8. The molecular weight excluding hydrogens is 236 g/mol. The molecule has 2 nitrogen and oxygen atoms in total. The van der Waals surface area contributed by atoms with Gasteiger partial charge in [0.05, 0.1) is 11.6 Å². The third kappa shape index (κ3) is 2.54. The van der Waals surface area contributed by atoms with Gasteiger partial charge in [-0.1, -0.05) is 6.07 Å². The summed E-state index contributed by atoms with van der Waals surface area (Å²) in [7, 11) is 1.77. The number of rotatable bonds is 3. The van der Waals surface area contributed by atoms with Crippen molar-refractivity contribution >= 4 is 0 Å². The Bertz CT molecular complexity index is 416. The van der Waals surface area contributed by atoms with E-state index in [1.165, 1.54) is 12.1 Å². The summed E-state index contributed by atoms with van der Waals surface area (Å²) in [5.74, 6) is -1.08. The van der Waals surface area contributed by atoms with Gasteiger partial charge < -0.3 is 10.1 Å². The van der Waals surface area contributed by atoms with Crippen molar-refractivity contribution in [1.82, 2.24) is 5.32 Å². The third-order valence-electron chi connectivity index (χ3n) is 3.67. The molecule has 0 spiro atoms. The Hall–Kier alpha value is -1.00. The lowest BCUT2D eigenvalue weighted by molar-refractivity contribution is -0.0890. The first-order chi connectivity index (χ1) is 8.57. The van der Waals surface area contributed by atoms with E-state index in [4.69, 9.17) is 4.74 Å². The summed E-state index contributed by atoms with van der Waals surface area (Å²) in [6, 6.07) is 3.44. The quantitative estimate of drug-likeness (QED) is 0.895. The highest BCUT2D eigenvalue weighted by molar-refractivity contribution is 5.25. The van der Waals surface area contributed by atoms with Crippen molar-refractivity contribution in [2.24, 2.45) is 0 Å². The van der Waals surface area contributed by atoms with Gasteiger partial charge >= 0.3 is 0 Å². The van der Waals surface area contributed by atoms with Crippen LogP contribution < -0.4 is 5.32 Å². The second kappa shape index (κ2) is 5.33. The molecule has 0 bridgehead atoms. The third-order valence-corrected chi connectivity index (χ3v) is 3.67. The van der Waals surface area contributed by atoms with Gasteiger partial charge in [0.1, 0.15) is 11.6 Å². The zero-order chi connectivity index (χ0) is 13.2. The van der Waals surface area contributed by atoms with Crippen molar-refractivity contribution in [3.8, 4) is 0 Å². The lowest BCUT2D eigenvalue weighted by Gasteiger charge is -2.40. The summed E-state index contributed by atoms with van der Waals surface area (Å²) < 4.78 is 32.7. The van der Waals surface area contributed by atoms with Gasteiger partial charge in [-0.05, 0) is 39.3 Å². The minimum atomic E-state index is -0.555. The monoisotopic (exact) mass is 255 g/mol. The smallest absolute Gasteiger partial charge is 0.131 e. The second-order valence-corrected chi connectivity index (χ2v) is 5.01. The SMILES string of the molecule is CNC(c1ccc(F)cc1F)C1(C)CCCCO1. The van der Waals surface area contributed by atoms with Gasteiger partial charge in [-0.2, -0.15) is 0 Å². The van der Waals surface area contributed by atoms with E-state index in [-0.39, 0.29) is 6.04 Å². The average molecular weight is 255 g/mol. The van der Waals surface area contributed by atoms with Crippen LogP contribution in [-0.2, 0) is 4.74 Å². The Labute approximate surface area is 106 Å². The molecule has 1 heterocycles. The second-order valence-electron chi connectivity index (χ2n) is 5.01. The summed E-state index contributed by atoms with van der Waals surface area (Å²) in [6.45, 7) is 2.67. The molecule has 0 aliphatic carbocycles. The highest BCUT2D eigenvalue weighted by Gasteiger charge is 2.38. The van der Waals surface area contributed by atoms with Crippen molar-refractivity contribution in [2.75, 3.05) is 13.7 Å². The maximum absolute atomic E-state index is 13.9. The molecule has 1 aliphatic heterocycles. The van der Waals surface area contributed by atoms with Crippen LogP contribution in [0.1, 0.15) is 37.8 Å². The van der Waals surface area contributed by atoms with E-state index < -0.39 is 17.2 Å². The lowest BCUT2D eigenvalue weighted by atomic mass is 9.84. The molecule has 18 heavy (non-hydrogen) atoms. The zero-order valence-corrected chi connectivity index (χ0v) is 10.8. The molecule has 0 aromatic heterocycles. The Balaban J connectivity index is 2.32. The van der Waals surface area contributed by atoms with Crippen molar-refractivity contribution in [3.63, 3.8) is 0 Å². The Morgan fingerprint density at radius 2 is 2.11 bits per heavy atom. The van der Waals surface area contributed by atoms with Gasteiger partial charge in [-0.15, -0.1) is 0 Å². The van der Waals surface area contributed by atoms with Crippen molar-refractivity contribution in [2.45, 2.75) is 37.8 Å². The summed E-state index contributed by atoms with van der Waals surface area (Å²) >= 11 is 0. The van der Waals surface area contributed by atoms with Crippen LogP contribution in [0.4, 0.5) is 8.78 Å². The normalized spacial score (nSPS) is 26.0. The first-order valence-electron chi connectivity index (χ1n) is 6.33. The van der Waals surface area contributed by atoms with Crippen molar-refractivity contribution < 1.29 is 13.5 Å². The number of halogens is 2. The van der Waals surface area contributed by atoms with Gasteiger partial charge in [0, 0.05) is 18.2 Å². The van der Waals surface area contributed by atoms with Crippen LogP contribution in [0.25, 0.3) is 0 Å². The van der Waals surface area contributed by atoms with Crippen molar-refractivity contribution in [1.29, 1.82) is 0 Å². The van der Waals surface area contributed by atoms with E-state index >= 15 is 0 Å². The maximum Gasteiger partial charge on any atom is 0.131 e. The number of ether oxygens (including phenoxy) is 1. The molecular formula is C14H19F2NO. The number of hydrogen-bond acceptors (Lipinski definition) is 2.